The van der Waals surface area contributed by atoms with Gasteiger partial charge in [0.2, 0.25) is 0 Å². The lowest BCUT2D eigenvalue weighted by Crippen LogP contribution is -2.48. The molecule has 0 aromatic heterocycles. The van der Waals surface area contributed by atoms with Crippen LogP contribution >= 0.6 is 11.6 Å². The van der Waals surface area contributed by atoms with Gasteiger partial charge in [0.25, 0.3) is 0 Å². The lowest BCUT2D eigenvalue weighted by molar-refractivity contribution is 0.121. The summed E-state index contributed by atoms with van der Waals surface area (Å²) in [7, 11) is -2.87. The summed E-state index contributed by atoms with van der Waals surface area (Å²) in [6.45, 7) is 5.88. The molecule has 0 amide bonds. The Morgan fingerprint density at radius 3 is 2.14 bits per heavy atom. The average Bonchev–Trinajstić information content (AvgIpc) is 2.48. The molecule has 5 nitrogen and oxygen atoms in total. The van der Waals surface area contributed by atoms with E-state index in [-0.39, 0.29) is 5.75 Å². The van der Waals surface area contributed by atoms with Crippen LogP contribution in [-0.4, -0.2) is 76.1 Å². The molecular formula is C15H23ClN2O3S. The van der Waals surface area contributed by atoms with Crippen LogP contribution in [0.15, 0.2) is 24.3 Å². The minimum absolute atomic E-state index is 0.243. The predicted molar refractivity (Wildman–Crippen MR) is 89.5 cm³/mol. The molecule has 1 aliphatic rings. The molecule has 0 radical (unpaired) electrons. The molecule has 1 saturated heterocycles. The third-order valence-electron chi connectivity index (χ3n) is 3.73. The van der Waals surface area contributed by atoms with Gasteiger partial charge >= 0.3 is 0 Å². The van der Waals surface area contributed by atoms with E-state index in [0.29, 0.717) is 18.2 Å². The fourth-order valence-electron chi connectivity index (χ4n) is 2.35. The van der Waals surface area contributed by atoms with E-state index in [2.05, 4.69) is 9.80 Å². The number of sulfone groups is 1. The molecule has 0 bridgehead atoms. The fraction of sp³-hybridized carbons (Fsp3) is 0.600. The van der Waals surface area contributed by atoms with Gasteiger partial charge in [0.05, 0.1) is 5.75 Å². The number of nitrogens with zero attached hydrogens (tertiary/aromatic N) is 2. The van der Waals surface area contributed by atoms with E-state index in [1.807, 2.05) is 24.3 Å². The van der Waals surface area contributed by atoms with Crippen LogP contribution in [0.5, 0.6) is 5.75 Å². The Labute approximate surface area is 137 Å². The maximum absolute atomic E-state index is 11.2. The molecule has 7 heteroatoms. The van der Waals surface area contributed by atoms with Gasteiger partial charge in [0, 0.05) is 50.5 Å². The van der Waals surface area contributed by atoms with Gasteiger partial charge in [-0.3, -0.25) is 9.80 Å². The second-order valence-corrected chi connectivity index (χ2v) is 8.31. The molecule has 1 aromatic rings. The van der Waals surface area contributed by atoms with Gasteiger partial charge in [-0.1, -0.05) is 11.6 Å². The highest BCUT2D eigenvalue weighted by atomic mass is 35.5. The van der Waals surface area contributed by atoms with Crippen LogP contribution in [0.4, 0.5) is 0 Å². The van der Waals surface area contributed by atoms with Crippen LogP contribution < -0.4 is 4.74 Å². The zero-order valence-corrected chi connectivity index (χ0v) is 14.4. The first-order chi connectivity index (χ1) is 10.4. The van der Waals surface area contributed by atoms with Crippen molar-refractivity contribution in [2.45, 2.75) is 0 Å². The van der Waals surface area contributed by atoms with E-state index in [9.17, 15) is 8.42 Å². The standard InChI is InChI=1S/C15H23ClN2O3S/c1-22(19,20)13-11-18-8-6-17(7-9-18)10-12-21-15-4-2-14(16)3-5-15/h2-5H,6-13H2,1H3. The van der Waals surface area contributed by atoms with E-state index >= 15 is 0 Å². The normalized spacial score (nSPS) is 17.5. The Morgan fingerprint density at radius 1 is 1.05 bits per heavy atom. The highest BCUT2D eigenvalue weighted by Crippen LogP contribution is 2.15. The van der Waals surface area contributed by atoms with Gasteiger partial charge < -0.3 is 4.74 Å². The molecule has 0 N–H and O–H groups in total. The monoisotopic (exact) mass is 346 g/mol. The molecule has 1 aromatic carbocycles. The first kappa shape index (κ1) is 17.5. The summed E-state index contributed by atoms with van der Waals surface area (Å²) in [6.07, 6.45) is 1.29. The molecule has 1 fully saturated rings. The van der Waals surface area contributed by atoms with Gasteiger partial charge in [0.1, 0.15) is 22.2 Å². The number of piperazine rings is 1. The molecular weight excluding hydrogens is 324 g/mol. The summed E-state index contributed by atoms with van der Waals surface area (Å²) in [4.78, 5) is 4.55. The zero-order chi connectivity index (χ0) is 16.0. The maximum Gasteiger partial charge on any atom is 0.148 e. The summed E-state index contributed by atoms with van der Waals surface area (Å²) >= 11 is 5.83. The average molecular weight is 347 g/mol. The van der Waals surface area contributed by atoms with Crippen molar-refractivity contribution in [3.63, 3.8) is 0 Å². The minimum atomic E-state index is -2.87. The lowest BCUT2D eigenvalue weighted by Gasteiger charge is -2.34. The Kier molecular flexibility index (Phi) is 6.50. The van der Waals surface area contributed by atoms with Crippen LogP contribution in [0.3, 0.4) is 0 Å². The Balaban J connectivity index is 1.62. The first-order valence-electron chi connectivity index (χ1n) is 7.43. The summed E-state index contributed by atoms with van der Waals surface area (Å²) in [5, 5.41) is 0.706. The van der Waals surface area contributed by atoms with Gasteiger partial charge in [-0.25, -0.2) is 8.42 Å². The fourth-order valence-corrected chi connectivity index (χ4v) is 3.07. The smallest absolute Gasteiger partial charge is 0.148 e. The highest BCUT2D eigenvalue weighted by Gasteiger charge is 2.17. The molecule has 1 heterocycles. The molecule has 22 heavy (non-hydrogen) atoms. The van der Waals surface area contributed by atoms with Gasteiger partial charge in [0.15, 0.2) is 0 Å². The van der Waals surface area contributed by atoms with Crippen LogP contribution in [0.2, 0.25) is 5.02 Å². The lowest BCUT2D eigenvalue weighted by atomic mass is 10.3. The summed E-state index contributed by atoms with van der Waals surface area (Å²) in [6, 6.07) is 7.37. The summed E-state index contributed by atoms with van der Waals surface area (Å²) in [5.41, 5.74) is 0. The Hall–Kier alpha value is -0.820. The molecule has 0 spiro atoms. The van der Waals surface area contributed by atoms with Crippen LogP contribution in [-0.2, 0) is 9.84 Å². The summed E-state index contributed by atoms with van der Waals surface area (Å²) in [5.74, 6) is 1.07. The van der Waals surface area contributed by atoms with Crippen molar-refractivity contribution in [2.24, 2.45) is 0 Å². The molecule has 1 aliphatic heterocycles. The van der Waals surface area contributed by atoms with Crippen LogP contribution in [0.25, 0.3) is 0 Å². The molecule has 124 valence electrons. The first-order valence-corrected chi connectivity index (χ1v) is 9.87. The quantitative estimate of drug-likeness (QED) is 0.746. The molecule has 2 rings (SSSR count). The zero-order valence-electron chi connectivity index (χ0n) is 12.9. The van der Waals surface area contributed by atoms with E-state index < -0.39 is 9.84 Å². The topological polar surface area (TPSA) is 49.9 Å². The molecule has 0 saturated carbocycles. The van der Waals surface area contributed by atoms with Crippen LogP contribution in [0, 0.1) is 0 Å². The SMILES string of the molecule is CS(=O)(=O)CCN1CCN(CCOc2ccc(Cl)cc2)CC1. The number of rotatable bonds is 7. The number of halogens is 1. The largest absolute Gasteiger partial charge is 0.492 e. The van der Waals surface area contributed by atoms with Crippen LogP contribution in [0.1, 0.15) is 0 Å². The number of hydrogen-bond donors (Lipinski definition) is 0. The molecule has 0 aliphatic carbocycles. The third kappa shape index (κ3) is 6.52. The maximum atomic E-state index is 11.2. The van der Waals surface area contributed by atoms with Crippen molar-refractivity contribution < 1.29 is 13.2 Å². The molecule has 0 unspecified atom stereocenters. The van der Waals surface area contributed by atoms with Crippen molar-refractivity contribution in [3.8, 4) is 5.75 Å². The van der Waals surface area contributed by atoms with Crippen molar-refractivity contribution in [1.82, 2.24) is 9.80 Å². The van der Waals surface area contributed by atoms with E-state index in [1.54, 1.807) is 0 Å². The van der Waals surface area contributed by atoms with Crippen molar-refractivity contribution in [3.05, 3.63) is 29.3 Å². The van der Waals surface area contributed by atoms with E-state index in [1.165, 1.54) is 6.26 Å². The number of hydrogen-bond acceptors (Lipinski definition) is 5. The number of benzene rings is 1. The van der Waals surface area contributed by atoms with E-state index in [0.717, 1.165) is 38.5 Å². The third-order valence-corrected chi connectivity index (χ3v) is 4.91. The summed E-state index contributed by atoms with van der Waals surface area (Å²) < 4.78 is 28.0. The highest BCUT2D eigenvalue weighted by molar-refractivity contribution is 7.90. The molecule has 0 atom stereocenters. The second-order valence-electron chi connectivity index (χ2n) is 5.62. The van der Waals surface area contributed by atoms with Gasteiger partial charge in [-0.2, -0.15) is 0 Å². The number of ether oxygens (including phenoxy) is 1. The second kappa shape index (κ2) is 8.15. The Morgan fingerprint density at radius 2 is 1.59 bits per heavy atom. The Bertz CT molecular complexity index is 555. The van der Waals surface area contributed by atoms with Crippen molar-refractivity contribution in [2.75, 3.05) is 57.9 Å². The van der Waals surface area contributed by atoms with E-state index in [4.69, 9.17) is 16.3 Å². The minimum Gasteiger partial charge on any atom is -0.492 e. The van der Waals surface area contributed by atoms with Crippen molar-refractivity contribution in [1.29, 1.82) is 0 Å². The van der Waals surface area contributed by atoms with Crippen molar-refractivity contribution >= 4 is 21.4 Å². The van der Waals surface area contributed by atoms with Gasteiger partial charge in [-0.15, -0.1) is 0 Å². The van der Waals surface area contributed by atoms with Gasteiger partial charge in [-0.05, 0) is 24.3 Å². The predicted octanol–water partition coefficient (Wildman–Crippen LogP) is 1.38.